The van der Waals surface area contributed by atoms with Crippen molar-refractivity contribution in [3.05, 3.63) is 59.7 Å². The fraction of sp³-hybridized carbons (Fsp3) is 0.222. The van der Waals surface area contributed by atoms with Crippen molar-refractivity contribution < 1.29 is 27.8 Å². The highest BCUT2D eigenvalue weighted by Gasteiger charge is 2.08. The molecule has 1 amide bonds. The number of amides is 1. The van der Waals surface area contributed by atoms with E-state index < -0.39 is 12.6 Å². The summed E-state index contributed by atoms with van der Waals surface area (Å²) in [5, 5.41) is 2.67. The van der Waals surface area contributed by atoms with Gasteiger partial charge in [-0.25, -0.2) is 4.79 Å². The molecule has 0 saturated heterocycles. The van der Waals surface area contributed by atoms with Gasteiger partial charge in [0.2, 0.25) is 5.91 Å². The van der Waals surface area contributed by atoms with Crippen molar-refractivity contribution in [1.82, 2.24) is 0 Å². The molecule has 0 atom stereocenters. The van der Waals surface area contributed by atoms with Gasteiger partial charge in [-0.05, 0) is 42.0 Å². The van der Waals surface area contributed by atoms with Gasteiger partial charge in [-0.2, -0.15) is 8.78 Å². The lowest BCUT2D eigenvalue weighted by atomic mass is 10.1. The number of nitrogens with one attached hydrogen (secondary N) is 1. The van der Waals surface area contributed by atoms with Crippen molar-refractivity contribution in [2.24, 2.45) is 0 Å². The van der Waals surface area contributed by atoms with E-state index in [1.54, 1.807) is 18.2 Å². The van der Waals surface area contributed by atoms with Crippen molar-refractivity contribution in [3.8, 4) is 5.75 Å². The first-order valence-corrected chi connectivity index (χ1v) is 8.73. The summed E-state index contributed by atoms with van der Waals surface area (Å²) in [4.78, 5) is 23.4. The molecule has 2 aromatic rings. The standard InChI is InChI=1S/C18H17F2NO4S/c1-24-17(23)13-4-2-3-12(9-13)10-26-11-16(22)21-14-5-7-15(8-6-14)25-18(19)20/h2-9,18H,10-11H2,1H3,(H,21,22). The van der Waals surface area contributed by atoms with Crippen LogP contribution in [-0.2, 0) is 15.3 Å². The third-order valence-corrected chi connectivity index (χ3v) is 4.22. The number of halogens is 2. The number of thioether (sulfide) groups is 1. The summed E-state index contributed by atoms with van der Waals surface area (Å²) in [6.07, 6.45) is 0. The van der Waals surface area contributed by atoms with Crippen LogP contribution in [0.2, 0.25) is 0 Å². The van der Waals surface area contributed by atoms with E-state index in [1.807, 2.05) is 6.07 Å². The van der Waals surface area contributed by atoms with E-state index in [9.17, 15) is 18.4 Å². The predicted octanol–water partition coefficient (Wildman–Crippen LogP) is 3.95. The first-order valence-electron chi connectivity index (χ1n) is 7.57. The molecule has 26 heavy (non-hydrogen) atoms. The van der Waals surface area contributed by atoms with Crippen LogP contribution in [-0.4, -0.2) is 31.4 Å². The molecule has 0 fully saturated rings. The number of ether oxygens (including phenoxy) is 2. The smallest absolute Gasteiger partial charge is 0.387 e. The van der Waals surface area contributed by atoms with Gasteiger partial charge in [-0.3, -0.25) is 4.79 Å². The minimum absolute atomic E-state index is 0.0258. The van der Waals surface area contributed by atoms with Crippen LogP contribution in [0.4, 0.5) is 14.5 Å². The Morgan fingerprint density at radius 3 is 2.54 bits per heavy atom. The van der Waals surface area contributed by atoms with Crippen LogP contribution in [0.5, 0.6) is 5.75 Å². The van der Waals surface area contributed by atoms with Crippen LogP contribution in [0.25, 0.3) is 0 Å². The Morgan fingerprint density at radius 1 is 1.15 bits per heavy atom. The van der Waals surface area contributed by atoms with E-state index in [0.717, 1.165) is 5.56 Å². The minimum Gasteiger partial charge on any atom is -0.465 e. The molecular formula is C18H17F2NO4S. The SMILES string of the molecule is COC(=O)c1cccc(CSCC(=O)Nc2ccc(OC(F)F)cc2)c1. The van der Waals surface area contributed by atoms with E-state index in [4.69, 9.17) is 0 Å². The summed E-state index contributed by atoms with van der Waals surface area (Å²) in [6.45, 7) is -2.88. The Labute approximate surface area is 153 Å². The van der Waals surface area contributed by atoms with Crippen LogP contribution in [0.15, 0.2) is 48.5 Å². The van der Waals surface area contributed by atoms with Gasteiger partial charge in [0, 0.05) is 11.4 Å². The summed E-state index contributed by atoms with van der Waals surface area (Å²) in [5.41, 5.74) is 1.85. The Kier molecular flexibility index (Phi) is 7.40. The molecule has 2 rings (SSSR count). The second-order valence-electron chi connectivity index (χ2n) is 5.14. The van der Waals surface area contributed by atoms with Crippen molar-refractivity contribution in [3.63, 3.8) is 0 Å². The van der Waals surface area contributed by atoms with Crippen LogP contribution in [0.3, 0.4) is 0 Å². The van der Waals surface area contributed by atoms with Crippen molar-refractivity contribution in [2.75, 3.05) is 18.2 Å². The molecule has 0 radical (unpaired) electrons. The summed E-state index contributed by atoms with van der Waals surface area (Å²) in [6, 6.07) is 12.7. The van der Waals surface area contributed by atoms with Gasteiger partial charge >= 0.3 is 12.6 Å². The van der Waals surface area contributed by atoms with E-state index in [0.29, 0.717) is 17.0 Å². The number of benzene rings is 2. The fourth-order valence-corrected chi connectivity index (χ4v) is 2.86. The highest BCUT2D eigenvalue weighted by atomic mass is 32.2. The third-order valence-electron chi connectivity index (χ3n) is 3.21. The molecule has 2 aromatic carbocycles. The topological polar surface area (TPSA) is 64.6 Å². The van der Waals surface area contributed by atoms with Gasteiger partial charge in [0.1, 0.15) is 5.75 Å². The van der Waals surface area contributed by atoms with Crippen LogP contribution in [0.1, 0.15) is 15.9 Å². The molecule has 0 aliphatic heterocycles. The lowest BCUT2D eigenvalue weighted by Gasteiger charge is -2.08. The maximum atomic E-state index is 12.1. The number of carbonyl (C=O) groups excluding carboxylic acids is 2. The van der Waals surface area contributed by atoms with E-state index in [2.05, 4.69) is 14.8 Å². The zero-order valence-corrected chi connectivity index (χ0v) is 14.7. The summed E-state index contributed by atoms with van der Waals surface area (Å²) in [7, 11) is 1.32. The molecular weight excluding hydrogens is 364 g/mol. The quantitative estimate of drug-likeness (QED) is 0.702. The first-order chi connectivity index (χ1) is 12.5. The Hall–Kier alpha value is -2.61. The fourth-order valence-electron chi connectivity index (χ4n) is 2.08. The molecule has 0 heterocycles. The third kappa shape index (κ3) is 6.36. The molecule has 0 bridgehead atoms. The molecule has 5 nitrogen and oxygen atoms in total. The van der Waals surface area contributed by atoms with Crippen LogP contribution >= 0.6 is 11.8 Å². The molecule has 0 aliphatic rings. The first kappa shape index (κ1) is 19.7. The van der Waals surface area contributed by atoms with Crippen molar-refractivity contribution >= 4 is 29.3 Å². The maximum Gasteiger partial charge on any atom is 0.387 e. The van der Waals surface area contributed by atoms with Gasteiger partial charge in [0.25, 0.3) is 0 Å². The lowest BCUT2D eigenvalue weighted by Crippen LogP contribution is -2.14. The molecule has 0 aromatic heterocycles. The number of alkyl halides is 2. The van der Waals surface area contributed by atoms with Gasteiger partial charge in [-0.15, -0.1) is 11.8 Å². The number of carbonyl (C=O) groups is 2. The molecule has 0 aliphatic carbocycles. The van der Waals surface area contributed by atoms with Gasteiger partial charge in [0.05, 0.1) is 18.4 Å². The number of hydrogen-bond acceptors (Lipinski definition) is 5. The highest BCUT2D eigenvalue weighted by Crippen LogP contribution is 2.19. The second-order valence-corrected chi connectivity index (χ2v) is 6.12. The average Bonchev–Trinajstić information content (AvgIpc) is 2.62. The minimum atomic E-state index is -2.88. The van der Waals surface area contributed by atoms with Gasteiger partial charge < -0.3 is 14.8 Å². The molecule has 8 heteroatoms. The number of anilines is 1. The molecule has 0 saturated carbocycles. The molecule has 1 N–H and O–H groups in total. The Bertz CT molecular complexity index is 753. The summed E-state index contributed by atoms with van der Waals surface area (Å²) < 4.78 is 33.1. The second kappa shape index (κ2) is 9.76. The van der Waals surface area contributed by atoms with E-state index in [-0.39, 0.29) is 17.4 Å². The van der Waals surface area contributed by atoms with Crippen LogP contribution < -0.4 is 10.1 Å². The number of methoxy groups -OCH3 is 1. The van der Waals surface area contributed by atoms with Crippen molar-refractivity contribution in [2.45, 2.75) is 12.4 Å². The Morgan fingerprint density at radius 2 is 1.88 bits per heavy atom. The normalized spacial score (nSPS) is 10.5. The zero-order chi connectivity index (χ0) is 18.9. The Balaban J connectivity index is 1.79. The van der Waals surface area contributed by atoms with Gasteiger partial charge in [0.15, 0.2) is 0 Å². The monoisotopic (exact) mass is 381 g/mol. The number of hydrogen-bond donors (Lipinski definition) is 1. The summed E-state index contributed by atoms with van der Waals surface area (Å²) >= 11 is 1.39. The van der Waals surface area contributed by atoms with E-state index in [1.165, 1.54) is 43.1 Å². The predicted molar refractivity (Wildman–Crippen MR) is 95.6 cm³/mol. The van der Waals surface area contributed by atoms with E-state index >= 15 is 0 Å². The highest BCUT2D eigenvalue weighted by molar-refractivity contribution is 7.99. The zero-order valence-electron chi connectivity index (χ0n) is 13.9. The molecule has 0 spiro atoms. The van der Waals surface area contributed by atoms with Crippen molar-refractivity contribution in [1.29, 1.82) is 0 Å². The largest absolute Gasteiger partial charge is 0.465 e. The molecule has 0 unspecified atom stereocenters. The average molecular weight is 381 g/mol. The van der Waals surface area contributed by atoms with Crippen LogP contribution in [0, 0.1) is 0 Å². The van der Waals surface area contributed by atoms with Gasteiger partial charge in [-0.1, -0.05) is 12.1 Å². The maximum absolute atomic E-state index is 12.1. The lowest BCUT2D eigenvalue weighted by molar-refractivity contribution is -0.113. The number of esters is 1. The summed E-state index contributed by atoms with van der Waals surface area (Å²) in [5.74, 6) is 0.158. The number of rotatable bonds is 8. The molecule has 138 valence electrons.